The Morgan fingerprint density at radius 3 is 3.07 bits per heavy atom. The van der Waals surface area contributed by atoms with Crippen LogP contribution in [0.25, 0.3) is 11.1 Å². The number of aryl methyl sites for hydroxylation is 2. The van der Waals surface area contributed by atoms with Gasteiger partial charge in [-0.1, -0.05) is 18.6 Å². The minimum Gasteiger partial charge on any atom is -0.423 e. The largest absolute Gasteiger partial charge is 0.423 e. The number of fused-ring (bicyclic) bond motifs is 2. The van der Waals surface area contributed by atoms with Gasteiger partial charge < -0.3 is 14.6 Å². The second kappa shape index (κ2) is 6.96. The predicted octanol–water partition coefficient (Wildman–Crippen LogP) is 3.45. The average Bonchev–Trinajstić information content (AvgIpc) is 3.38. The van der Waals surface area contributed by atoms with E-state index in [4.69, 9.17) is 4.42 Å². The molecular formula is C21H25N5O2. The molecule has 2 N–H and O–H groups in total. The van der Waals surface area contributed by atoms with Gasteiger partial charge in [-0.25, -0.2) is 0 Å². The van der Waals surface area contributed by atoms with Gasteiger partial charge in [0.15, 0.2) is 11.3 Å². The smallest absolute Gasteiger partial charge is 0.295 e. The fraction of sp³-hybridized carbons (Fsp3) is 0.476. The minimum absolute atomic E-state index is 0.0390. The van der Waals surface area contributed by atoms with Gasteiger partial charge in [0.1, 0.15) is 5.52 Å². The number of aromatic amines is 1. The number of para-hydroxylation sites is 1. The van der Waals surface area contributed by atoms with Crippen LogP contribution in [0, 0.1) is 6.92 Å². The SMILES string of the molecule is Cc1cccc2nc(N[C@@H]3CCN(C(=O)c4n[nH]c5c4CCCCC5)C3)oc12. The van der Waals surface area contributed by atoms with E-state index in [1.165, 1.54) is 12.8 Å². The standard InChI is InChI=1S/C21H25N5O2/c1-13-6-5-9-17-19(13)28-21(23-17)22-14-10-11-26(12-14)20(27)18-15-7-3-2-4-8-16(15)24-25-18/h5-6,9,14H,2-4,7-8,10-12H2,1H3,(H,22,23)(H,24,25)/t14-/m1/s1. The van der Waals surface area contributed by atoms with E-state index in [9.17, 15) is 4.79 Å². The Balaban J connectivity index is 1.28. The maximum atomic E-state index is 13.1. The van der Waals surface area contributed by atoms with Crippen molar-refractivity contribution in [2.75, 3.05) is 18.4 Å². The molecule has 0 spiro atoms. The van der Waals surface area contributed by atoms with Crippen LogP contribution in [0.2, 0.25) is 0 Å². The highest BCUT2D eigenvalue weighted by Crippen LogP contribution is 2.26. The van der Waals surface area contributed by atoms with Crippen LogP contribution in [0.3, 0.4) is 0 Å². The maximum absolute atomic E-state index is 13.1. The van der Waals surface area contributed by atoms with E-state index in [1.807, 2.05) is 30.0 Å². The van der Waals surface area contributed by atoms with Crippen molar-refractivity contribution in [2.45, 2.75) is 51.5 Å². The molecule has 0 saturated carbocycles. The van der Waals surface area contributed by atoms with E-state index in [-0.39, 0.29) is 11.9 Å². The molecule has 28 heavy (non-hydrogen) atoms. The lowest BCUT2D eigenvalue weighted by Gasteiger charge is -2.16. The first-order valence-electron chi connectivity index (χ1n) is 10.2. The highest BCUT2D eigenvalue weighted by atomic mass is 16.4. The topological polar surface area (TPSA) is 87.0 Å². The second-order valence-electron chi connectivity index (χ2n) is 7.91. The summed E-state index contributed by atoms with van der Waals surface area (Å²) in [6, 6.07) is 6.60. The third-order valence-electron chi connectivity index (χ3n) is 5.92. The lowest BCUT2D eigenvalue weighted by Crippen LogP contribution is -2.32. The van der Waals surface area contributed by atoms with Gasteiger partial charge in [-0.05, 0) is 50.7 Å². The maximum Gasteiger partial charge on any atom is 0.295 e. The normalized spacial score (nSPS) is 19.6. The molecule has 0 bridgehead atoms. The van der Waals surface area contributed by atoms with Crippen LogP contribution in [-0.4, -0.2) is 45.1 Å². The van der Waals surface area contributed by atoms with E-state index in [2.05, 4.69) is 20.5 Å². The number of nitrogens with one attached hydrogen (secondary N) is 2. The number of likely N-dealkylation sites (tertiary alicyclic amines) is 1. The molecule has 1 aromatic carbocycles. The molecule has 2 aliphatic rings. The molecule has 7 heteroatoms. The molecule has 1 amide bonds. The summed E-state index contributed by atoms with van der Waals surface area (Å²) >= 11 is 0. The molecule has 1 aliphatic carbocycles. The van der Waals surface area contributed by atoms with Crippen molar-refractivity contribution in [2.24, 2.45) is 0 Å². The minimum atomic E-state index is 0.0390. The third kappa shape index (κ3) is 3.04. The number of hydrogen-bond donors (Lipinski definition) is 2. The molecule has 1 saturated heterocycles. The van der Waals surface area contributed by atoms with Crippen LogP contribution in [-0.2, 0) is 12.8 Å². The average molecular weight is 379 g/mol. The molecule has 3 heterocycles. The lowest BCUT2D eigenvalue weighted by molar-refractivity contribution is 0.0784. The van der Waals surface area contributed by atoms with Gasteiger partial charge in [0, 0.05) is 30.4 Å². The number of aromatic nitrogens is 3. The van der Waals surface area contributed by atoms with Crippen molar-refractivity contribution in [3.05, 3.63) is 40.7 Å². The molecule has 1 atom stereocenters. The number of carbonyl (C=O) groups excluding carboxylic acids is 1. The van der Waals surface area contributed by atoms with E-state index >= 15 is 0 Å². The number of oxazole rings is 1. The summed E-state index contributed by atoms with van der Waals surface area (Å²) in [5.41, 5.74) is 5.64. The number of carbonyl (C=O) groups is 1. The van der Waals surface area contributed by atoms with Crippen LogP contribution in [0.4, 0.5) is 6.01 Å². The zero-order chi connectivity index (χ0) is 19.1. The van der Waals surface area contributed by atoms with Gasteiger partial charge in [-0.3, -0.25) is 9.89 Å². The van der Waals surface area contributed by atoms with E-state index < -0.39 is 0 Å². The molecule has 146 valence electrons. The van der Waals surface area contributed by atoms with Crippen molar-refractivity contribution in [1.29, 1.82) is 0 Å². The summed E-state index contributed by atoms with van der Waals surface area (Å²) in [5, 5.41) is 10.8. The van der Waals surface area contributed by atoms with Crippen molar-refractivity contribution in [3.8, 4) is 0 Å². The zero-order valence-corrected chi connectivity index (χ0v) is 16.1. The molecule has 2 aromatic heterocycles. The summed E-state index contributed by atoms with van der Waals surface area (Å²) in [5.74, 6) is 0.0390. The number of hydrogen-bond acceptors (Lipinski definition) is 5. The van der Waals surface area contributed by atoms with Crippen LogP contribution < -0.4 is 5.32 Å². The summed E-state index contributed by atoms with van der Waals surface area (Å²) in [4.78, 5) is 19.5. The fourth-order valence-corrected chi connectivity index (χ4v) is 4.37. The van der Waals surface area contributed by atoms with Crippen molar-refractivity contribution < 1.29 is 9.21 Å². The molecular weight excluding hydrogens is 354 g/mol. The Hall–Kier alpha value is -2.83. The number of nitrogens with zero attached hydrogens (tertiary/aromatic N) is 3. The first-order chi connectivity index (χ1) is 13.7. The predicted molar refractivity (Wildman–Crippen MR) is 107 cm³/mol. The van der Waals surface area contributed by atoms with Crippen molar-refractivity contribution in [1.82, 2.24) is 20.1 Å². The second-order valence-corrected chi connectivity index (χ2v) is 7.91. The van der Waals surface area contributed by atoms with Crippen LogP contribution in [0.5, 0.6) is 0 Å². The number of amides is 1. The van der Waals surface area contributed by atoms with Crippen LogP contribution in [0.1, 0.15) is 53.0 Å². The highest BCUT2D eigenvalue weighted by molar-refractivity contribution is 5.94. The lowest BCUT2D eigenvalue weighted by atomic mass is 10.1. The van der Waals surface area contributed by atoms with Gasteiger partial charge in [-0.15, -0.1) is 0 Å². The molecule has 1 fully saturated rings. The Kier molecular flexibility index (Phi) is 4.30. The van der Waals surface area contributed by atoms with Gasteiger partial charge in [0.25, 0.3) is 11.9 Å². The number of anilines is 1. The highest BCUT2D eigenvalue weighted by Gasteiger charge is 2.31. The number of benzene rings is 1. The Morgan fingerprint density at radius 2 is 2.18 bits per heavy atom. The Morgan fingerprint density at radius 1 is 1.29 bits per heavy atom. The molecule has 7 nitrogen and oxygen atoms in total. The first-order valence-corrected chi connectivity index (χ1v) is 10.2. The molecule has 5 rings (SSSR count). The quantitative estimate of drug-likeness (QED) is 0.681. The van der Waals surface area contributed by atoms with Gasteiger partial charge >= 0.3 is 0 Å². The zero-order valence-electron chi connectivity index (χ0n) is 16.1. The molecule has 3 aromatic rings. The summed E-state index contributed by atoms with van der Waals surface area (Å²) < 4.78 is 5.87. The first kappa shape index (κ1) is 17.3. The van der Waals surface area contributed by atoms with E-state index in [0.717, 1.165) is 60.1 Å². The Bertz CT molecular complexity index is 1020. The molecule has 0 unspecified atom stereocenters. The number of rotatable bonds is 3. The van der Waals surface area contributed by atoms with E-state index in [1.54, 1.807) is 0 Å². The van der Waals surface area contributed by atoms with Gasteiger partial charge in [-0.2, -0.15) is 10.1 Å². The fourth-order valence-electron chi connectivity index (χ4n) is 4.37. The van der Waals surface area contributed by atoms with Gasteiger partial charge in [0.2, 0.25) is 0 Å². The van der Waals surface area contributed by atoms with Gasteiger partial charge in [0.05, 0.1) is 0 Å². The van der Waals surface area contributed by atoms with E-state index in [0.29, 0.717) is 18.3 Å². The number of H-pyrrole nitrogens is 1. The molecule has 1 aliphatic heterocycles. The van der Waals surface area contributed by atoms with Crippen LogP contribution in [0.15, 0.2) is 22.6 Å². The van der Waals surface area contributed by atoms with Crippen molar-refractivity contribution in [3.63, 3.8) is 0 Å². The Labute approximate surface area is 163 Å². The summed E-state index contributed by atoms with van der Waals surface area (Å²) in [6.07, 6.45) is 6.34. The third-order valence-corrected chi connectivity index (χ3v) is 5.92. The molecule has 0 radical (unpaired) electrons. The van der Waals surface area contributed by atoms with Crippen LogP contribution >= 0.6 is 0 Å². The summed E-state index contributed by atoms with van der Waals surface area (Å²) in [6.45, 7) is 3.37. The summed E-state index contributed by atoms with van der Waals surface area (Å²) in [7, 11) is 0. The van der Waals surface area contributed by atoms with Crippen molar-refractivity contribution >= 4 is 23.0 Å². The monoisotopic (exact) mass is 379 g/mol.